The van der Waals surface area contributed by atoms with Crippen LogP contribution in [0.1, 0.15) is 12.0 Å². The van der Waals surface area contributed by atoms with Gasteiger partial charge in [-0.25, -0.2) is 4.39 Å². The second-order valence-electron chi connectivity index (χ2n) is 5.13. The first-order chi connectivity index (χ1) is 9.90. The molecular formula is C14H15ClFNO4. The SMILES string of the molecule is O=C(O)C1CCN(Cc2cccc(F)c2Cl)CC1C(=O)O. The summed E-state index contributed by atoms with van der Waals surface area (Å²) in [5.74, 6) is -4.60. The number of piperidine rings is 1. The second-order valence-corrected chi connectivity index (χ2v) is 5.50. The Balaban J connectivity index is 2.11. The maximum Gasteiger partial charge on any atom is 0.308 e. The number of rotatable bonds is 4. The molecule has 2 atom stereocenters. The van der Waals surface area contributed by atoms with Gasteiger partial charge < -0.3 is 10.2 Å². The Morgan fingerprint density at radius 1 is 1.29 bits per heavy atom. The fourth-order valence-corrected chi connectivity index (χ4v) is 2.81. The third-order valence-electron chi connectivity index (χ3n) is 3.76. The summed E-state index contributed by atoms with van der Waals surface area (Å²) in [7, 11) is 0. The van der Waals surface area contributed by atoms with Crippen LogP contribution in [0, 0.1) is 17.7 Å². The summed E-state index contributed by atoms with van der Waals surface area (Å²) in [6.07, 6.45) is 0.249. The van der Waals surface area contributed by atoms with Crippen LogP contribution in [-0.4, -0.2) is 40.1 Å². The van der Waals surface area contributed by atoms with Gasteiger partial charge in [0.25, 0.3) is 0 Å². The van der Waals surface area contributed by atoms with Crippen molar-refractivity contribution < 1.29 is 24.2 Å². The third-order valence-corrected chi connectivity index (χ3v) is 4.18. The Morgan fingerprint density at radius 2 is 1.95 bits per heavy atom. The zero-order chi connectivity index (χ0) is 15.6. The molecule has 1 fully saturated rings. The number of carboxylic acids is 2. The second kappa shape index (κ2) is 6.41. The molecule has 0 radical (unpaired) electrons. The molecule has 0 aromatic heterocycles. The van der Waals surface area contributed by atoms with Gasteiger partial charge in [-0.2, -0.15) is 0 Å². The largest absolute Gasteiger partial charge is 0.481 e. The summed E-state index contributed by atoms with van der Waals surface area (Å²) in [6.45, 7) is 0.847. The number of carbonyl (C=O) groups is 2. The summed E-state index contributed by atoms with van der Waals surface area (Å²) in [6, 6.07) is 4.46. The van der Waals surface area contributed by atoms with Gasteiger partial charge >= 0.3 is 11.9 Å². The van der Waals surface area contributed by atoms with E-state index in [1.807, 2.05) is 0 Å². The minimum atomic E-state index is -1.13. The molecule has 5 nitrogen and oxygen atoms in total. The monoisotopic (exact) mass is 315 g/mol. The Labute approximate surface area is 125 Å². The molecule has 2 rings (SSSR count). The Kier molecular flexibility index (Phi) is 4.80. The average Bonchev–Trinajstić information content (AvgIpc) is 2.43. The van der Waals surface area contributed by atoms with E-state index in [2.05, 4.69) is 0 Å². The molecule has 1 aromatic carbocycles. The average molecular weight is 316 g/mol. The number of nitrogens with zero attached hydrogens (tertiary/aromatic N) is 1. The van der Waals surface area contributed by atoms with Gasteiger partial charge in [0.1, 0.15) is 5.82 Å². The van der Waals surface area contributed by atoms with Crippen LogP contribution < -0.4 is 0 Å². The molecule has 0 aliphatic carbocycles. The van der Waals surface area contributed by atoms with E-state index >= 15 is 0 Å². The van der Waals surface area contributed by atoms with Crippen molar-refractivity contribution in [3.8, 4) is 0 Å². The lowest BCUT2D eigenvalue weighted by Crippen LogP contribution is -2.46. The van der Waals surface area contributed by atoms with Gasteiger partial charge in [-0.1, -0.05) is 23.7 Å². The first-order valence-corrected chi connectivity index (χ1v) is 6.88. The van der Waals surface area contributed by atoms with E-state index in [9.17, 15) is 14.0 Å². The van der Waals surface area contributed by atoms with Crippen molar-refractivity contribution in [3.63, 3.8) is 0 Å². The van der Waals surface area contributed by atoms with Crippen molar-refractivity contribution in [2.45, 2.75) is 13.0 Å². The van der Waals surface area contributed by atoms with Crippen LogP contribution in [0.2, 0.25) is 5.02 Å². The highest BCUT2D eigenvalue weighted by Gasteiger charge is 2.38. The van der Waals surface area contributed by atoms with Crippen molar-refractivity contribution in [1.82, 2.24) is 4.90 Å². The van der Waals surface area contributed by atoms with Crippen LogP contribution in [-0.2, 0) is 16.1 Å². The Hall–Kier alpha value is -1.66. The lowest BCUT2D eigenvalue weighted by atomic mass is 9.85. The van der Waals surface area contributed by atoms with Crippen molar-refractivity contribution in [3.05, 3.63) is 34.6 Å². The number of likely N-dealkylation sites (tertiary alicyclic amines) is 1. The zero-order valence-corrected chi connectivity index (χ0v) is 11.9. The molecule has 2 N–H and O–H groups in total. The lowest BCUT2D eigenvalue weighted by Gasteiger charge is -2.34. The Morgan fingerprint density at radius 3 is 2.57 bits per heavy atom. The van der Waals surface area contributed by atoms with Gasteiger partial charge in [0.15, 0.2) is 0 Å². The van der Waals surface area contributed by atoms with Crippen molar-refractivity contribution in [2.24, 2.45) is 11.8 Å². The van der Waals surface area contributed by atoms with Crippen LogP contribution in [0.4, 0.5) is 4.39 Å². The number of hydrogen-bond donors (Lipinski definition) is 2. The van der Waals surface area contributed by atoms with Crippen molar-refractivity contribution >= 4 is 23.5 Å². The van der Waals surface area contributed by atoms with Crippen molar-refractivity contribution in [1.29, 1.82) is 0 Å². The number of hydrogen-bond acceptors (Lipinski definition) is 3. The molecule has 114 valence electrons. The van der Waals surface area contributed by atoms with E-state index in [4.69, 9.17) is 21.8 Å². The van der Waals surface area contributed by atoms with Gasteiger partial charge in [0.05, 0.1) is 16.9 Å². The minimum Gasteiger partial charge on any atom is -0.481 e. The van der Waals surface area contributed by atoms with Gasteiger partial charge in [-0.15, -0.1) is 0 Å². The van der Waals surface area contributed by atoms with E-state index < -0.39 is 29.6 Å². The third kappa shape index (κ3) is 3.51. The molecule has 2 unspecified atom stereocenters. The summed E-state index contributed by atoms with van der Waals surface area (Å²) in [5.41, 5.74) is 0.564. The fraction of sp³-hybridized carbons (Fsp3) is 0.429. The first kappa shape index (κ1) is 15.7. The number of aliphatic carboxylic acids is 2. The molecular weight excluding hydrogens is 301 g/mol. The molecule has 1 aromatic rings. The van der Waals surface area contributed by atoms with E-state index in [0.717, 1.165) is 0 Å². The van der Waals surface area contributed by atoms with Gasteiger partial charge in [0, 0.05) is 13.1 Å². The number of benzene rings is 1. The predicted molar refractivity (Wildman–Crippen MR) is 73.6 cm³/mol. The topological polar surface area (TPSA) is 77.8 Å². The predicted octanol–water partition coefficient (Wildman–Crippen LogP) is 2.09. The zero-order valence-electron chi connectivity index (χ0n) is 11.1. The summed E-state index contributed by atoms with van der Waals surface area (Å²) in [5, 5.41) is 18.2. The molecule has 0 bridgehead atoms. The van der Waals surface area contributed by atoms with Crippen LogP contribution in [0.15, 0.2) is 18.2 Å². The highest BCUT2D eigenvalue weighted by atomic mass is 35.5. The quantitative estimate of drug-likeness (QED) is 0.889. The van der Waals surface area contributed by atoms with E-state index in [-0.39, 0.29) is 18.0 Å². The molecule has 0 spiro atoms. The molecule has 1 aliphatic heterocycles. The highest BCUT2D eigenvalue weighted by Crippen LogP contribution is 2.27. The van der Waals surface area contributed by atoms with Crippen LogP contribution in [0.3, 0.4) is 0 Å². The van der Waals surface area contributed by atoms with E-state index in [1.54, 1.807) is 11.0 Å². The molecule has 1 heterocycles. The first-order valence-electron chi connectivity index (χ1n) is 6.51. The van der Waals surface area contributed by atoms with Gasteiger partial charge in [-0.3, -0.25) is 14.5 Å². The highest BCUT2D eigenvalue weighted by molar-refractivity contribution is 6.31. The number of halogens is 2. The summed E-state index contributed by atoms with van der Waals surface area (Å²) < 4.78 is 13.4. The molecule has 1 saturated heterocycles. The number of carboxylic acid groups (broad SMARTS) is 2. The van der Waals surface area contributed by atoms with Crippen LogP contribution >= 0.6 is 11.6 Å². The Bertz CT molecular complexity index is 566. The summed E-state index contributed by atoms with van der Waals surface area (Å²) >= 11 is 5.88. The minimum absolute atomic E-state index is 0.0183. The van der Waals surface area contributed by atoms with Gasteiger partial charge in [0.2, 0.25) is 0 Å². The molecule has 0 saturated carbocycles. The van der Waals surface area contributed by atoms with E-state index in [0.29, 0.717) is 18.7 Å². The maximum atomic E-state index is 13.4. The fourth-order valence-electron chi connectivity index (χ4n) is 2.62. The lowest BCUT2D eigenvalue weighted by molar-refractivity contribution is -0.157. The normalized spacial score (nSPS) is 23.0. The van der Waals surface area contributed by atoms with E-state index in [1.165, 1.54) is 12.1 Å². The van der Waals surface area contributed by atoms with Gasteiger partial charge in [-0.05, 0) is 24.6 Å². The smallest absolute Gasteiger partial charge is 0.308 e. The molecule has 1 aliphatic rings. The molecule has 7 heteroatoms. The van der Waals surface area contributed by atoms with Crippen LogP contribution in [0.5, 0.6) is 0 Å². The maximum absolute atomic E-state index is 13.4. The standard InChI is InChI=1S/C14H15ClFNO4/c15-12-8(2-1-3-11(12)16)6-17-5-4-9(13(18)19)10(7-17)14(20)21/h1-3,9-10H,4-7H2,(H,18,19)(H,20,21). The summed E-state index contributed by atoms with van der Waals surface area (Å²) in [4.78, 5) is 24.1. The van der Waals surface area contributed by atoms with Crippen molar-refractivity contribution in [2.75, 3.05) is 13.1 Å². The molecule has 0 amide bonds. The van der Waals surface area contributed by atoms with Crippen LogP contribution in [0.25, 0.3) is 0 Å². The molecule has 21 heavy (non-hydrogen) atoms.